The summed E-state index contributed by atoms with van der Waals surface area (Å²) < 4.78 is 38.7. The van der Waals surface area contributed by atoms with E-state index in [0.29, 0.717) is 5.92 Å². The number of carbonyl (C=O) groups is 1. The average molecular weight is 477 g/mol. The quantitative estimate of drug-likeness (QED) is 0.281. The van der Waals surface area contributed by atoms with Gasteiger partial charge in [0.05, 0.1) is 12.5 Å². The highest BCUT2D eigenvalue weighted by Gasteiger charge is 2.37. The van der Waals surface area contributed by atoms with Crippen LogP contribution in [-0.4, -0.2) is 12.6 Å². The van der Waals surface area contributed by atoms with Crippen molar-refractivity contribution in [3.05, 3.63) is 23.8 Å². The maximum absolute atomic E-state index is 14.3. The zero-order valence-electron chi connectivity index (χ0n) is 21.0. The van der Waals surface area contributed by atoms with Gasteiger partial charge in [0.15, 0.2) is 11.5 Å². The van der Waals surface area contributed by atoms with Gasteiger partial charge in [0.1, 0.15) is 0 Å². The Morgan fingerprint density at radius 3 is 1.94 bits per heavy atom. The molecule has 0 heterocycles. The van der Waals surface area contributed by atoms with Crippen LogP contribution in [0.5, 0.6) is 11.5 Å². The Kier molecular flexibility index (Phi) is 8.87. The summed E-state index contributed by atoms with van der Waals surface area (Å²) >= 11 is 0. The first-order chi connectivity index (χ1) is 16.5. The second kappa shape index (κ2) is 11.9. The minimum absolute atomic E-state index is 0.163. The number of halogens is 2. The van der Waals surface area contributed by atoms with Crippen molar-refractivity contribution in [2.45, 2.75) is 97.3 Å². The van der Waals surface area contributed by atoms with Gasteiger partial charge in [-0.2, -0.15) is 8.78 Å². The Hall–Kier alpha value is -1.65. The molecule has 0 radical (unpaired) electrons. The van der Waals surface area contributed by atoms with E-state index in [1.807, 2.05) is 0 Å². The molecular formula is C29H42F2O3. The zero-order chi connectivity index (χ0) is 24.1. The molecule has 0 bridgehead atoms. The highest BCUT2D eigenvalue weighted by atomic mass is 19.2. The third-order valence-corrected chi connectivity index (χ3v) is 9.06. The fourth-order valence-corrected chi connectivity index (χ4v) is 7.18. The van der Waals surface area contributed by atoms with Crippen molar-refractivity contribution in [3.8, 4) is 11.5 Å². The molecule has 0 N–H and O–H groups in total. The minimum Gasteiger partial charge on any atom is -0.491 e. The molecule has 5 heteroatoms. The van der Waals surface area contributed by atoms with Gasteiger partial charge in [-0.3, -0.25) is 4.79 Å². The van der Waals surface area contributed by atoms with Crippen molar-refractivity contribution in [1.82, 2.24) is 0 Å². The molecule has 4 rings (SSSR count). The van der Waals surface area contributed by atoms with Crippen molar-refractivity contribution in [2.24, 2.45) is 35.5 Å². The van der Waals surface area contributed by atoms with E-state index < -0.39 is 17.6 Å². The van der Waals surface area contributed by atoms with Gasteiger partial charge >= 0.3 is 5.97 Å². The minimum atomic E-state index is -1.16. The lowest BCUT2D eigenvalue weighted by atomic mass is 9.67. The van der Waals surface area contributed by atoms with Gasteiger partial charge < -0.3 is 9.47 Å². The second-order valence-electron chi connectivity index (χ2n) is 11.1. The van der Waals surface area contributed by atoms with Crippen LogP contribution >= 0.6 is 0 Å². The molecule has 2 unspecified atom stereocenters. The lowest BCUT2D eigenvalue weighted by molar-refractivity contribution is -0.140. The van der Waals surface area contributed by atoms with Gasteiger partial charge in [0.2, 0.25) is 11.6 Å². The molecule has 0 aliphatic heterocycles. The van der Waals surface area contributed by atoms with Crippen molar-refractivity contribution < 1.29 is 23.0 Å². The Bertz CT molecular complexity index is 810. The molecule has 34 heavy (non-hydrogen) atoms. The van der Waals surface area contributed by atoms with Gasteiger partial charge in [-0.1, -0.05) is 26.2 Å². The van der Waals surface area contributed by atoms with Gasteiger partial charge in [-0.15, -0.1) is 0 Å². The third kappa shape index (κ3) is 5.94. The van der Waals surface area contributed by atoms with Crippen LogP contribution in [-0.2, 0) is 4.79 Å². The Morgan fingerprint density at radius 1 is 0.794 bits per heavy atom. The highest BCUT2D eigenvalue weighted by molar-refractivity contribution is 5.75. The van der Waals surface area contributed by atoms with E-state index >= 15 is 0 Å². The predicted octanol–water partition coefficient (Wildman–Crippen LogP) is 8.10. The van der Waals surface area contributed by atoms with Crippen molar-refractivity contribution in [1.29, 1.82) is 0 Å². The van der Waals surface area contributed by atoms with Crippen molar-refractivity contribution >= 4 is 5.97 Å². The van der Waals surface area contributed by atoms with E-state index in [-0.39, 0.29) is 24.0 Å². The lowest BCUT2D eigenvalue weighted by Crippen LogP contribution is -2.31. The molecule has 3 nitrogen and oxygen atoms in total. The van der Waals surface area contributed by atoms with Gasteiger partial charge in [-0.25, -0.2) is 0 Å². The smallest absolute Gasteiger partial charge is 0.314 e. The standard InChI is InChI=1S/C29H42F2O3/c1-3-5-19-6-7-24(18-19)22-10-8-20(9-11-22)21-12-14-23(15-13-21)29(32)34-26-17-16-25(33-4-2)27(30)28(26)31/h16-17,19-24H,3-15,18H2,1-2H3. The molecule has 0 aromatic heterocycles. The van der Waals surface area contributed by atoms with Crippen LogP contribution in [0.15, 0.2) is 12.1 Å². The Labute approximate surface area is 204 Å². The monoisotopic (exact) mass is 476 g/mol. The van der Waals surface area contributed by atoms with Crippen molar-refractivity contribution in [2.75, 3.05) is 6.61 Å². The summed E-state index contributed by atoms with van der Waals surface area (Å²) in [6.45, 7) is 4.25. The average Bonchev–Trinajstić information content (AvgIpc) is 3.33. The fraction of sp³-hybridized carbons (Fsp3) is 0.759. The summed E-state index contributed by atoms with van der Waals surface area (Å²) in [4.78, 5) is 12.6. The van der Waals surface area contributed by atoms with E-state index in [4.69, 9.17) is 9.47 Å². The number of hydrogen-bond donors (Lipinski definition) is 0. The van der Waals surface area contributed by atoms with Gasteiger partial charge in [0.25, 0.3) is 0 Å². The first kappa shape index (κ1) is 25.4. The summed E-state index contributed by atoms with van der Waals surface area (Å²) in [7, 11) is 0. The van der Waals surface area contributed by atoms with Crippen LogP contribution < -0.4 is 9.47 Å². The number of carbonyl (C=O) groups excluding carboxylic acids is 1. The normalized spacial score (nSPS) is 31.9. The number of hydrogen-bond acceptors (Lipinski definition) is 3. The molecule has 190 valence electrons. The largest absolute Gasteiger partial charge is 0.491 e. The molecule has 1 aromatic rings. The lowest BCUT2D eigenvalue weighted by Gasteiger charge is -2.39. The molecule has 1 aromatic carbocycles. The van der Waals surface area contributed by atoms with Gasteiger partial charge in [-0.05, 0) is 113 Å². The predicted molar refractivity (Wildman–Crippen MR) is 130 cm³/mol. The third-order valence-electron chi connectivity index (χ3n) is 9.06. The summed E-state index contributed by atoms with van der Waals surface area (Å²) in [5.41, 5.74) is 0. The Balaban J connectivity index is 1.21. The molecule has 0 spiro atoms. The number of ether oxygens (including phenoxy) is 2. The van der Waals surface area contributed by atoms with E-state index in [1.54, 1.807) is 6.92 Å². The van der Waals surface area contributed by atoms with Crippen LogP contribution in [0.3, 0.4) is 0 Å². The maximum Gasteiger partial charge on any atom is 0.314 e. The topological polar surface area (TPSA) is 35.5 Å². The van der Waals surface area contributed by atoms with E-state index in [0.717, 1.165) is 49.4 Å². The highest BCUT2D eigenvalue weighted by Crippen LogP contribution is 2.47. The van der Waals surface area contributed by atoms with Crippen LogP contribution in [0, 0.1) is 47.1 Å². The number of rotatable bonds is 8. The van der Waals surface area contributed by atoms with E-state index in [1.165, 1.54) is 69.9 Å². The molecule has 3 aliphatic carbocycles. The summed E-state index contributed by atoms with van der Waals surface area (Å²) in [6, 6.07) is 2.59. The molecular weight excluding hydrogens is 434 g/mol. The molecule has 3 aliphatic rings. The number of benzene rings is 1. The van der Waals surface area contributed by atoms with E-state index in [9.17, 15) is 13.6 Å². The first-order valence-corrected chi connectivity index (χ1v) is 13.8. The second-order valence-corrected chi connectivity index (χ2v) is 11.1. The molecule has 3 saturated carbocycles. The molecule has 0 saturated heterocycles. The number of esters is 1. The molecule has 0 amide bonds. The molecule has 2 atom stereocenters. The van der Waals surface area contributed by atoms with Gasteiger partial charge in [0, 0.05) is 0 Å². The van der Waals surface area contributed by atoms with Crippen molar-refractivity contribution in [3.63, 3.8) is 0 Å². The Morgan fingerprint density at radius 2 is 1.32 bits per heavy atom. The van der Waals surface area contributed by atoms with Crippen LogP contribution in [0.2, 0.25) is 0 Å². The zero-order valence-corrected chi connectivity index (χ0v) is 21.0. The van der Waals surface area contributed by atoms with Crippen LogP contribution in [0.1, 0.15) is 97.3 Å². The SMILES string of the molecule is CCCC1CCC(C2CCC(C3CCC(C(=O)Oc4ccc(OCC)c(F)c4F)CC3)CC2)C1. The first-order valence-electron chi connectivity index (χ1n) is 13.8. The van der Waals surface area contributed by atoms with E-state index in [2.05, 4.69) is 6.92 Å². The fourth-order valence-electron chi connectivity index (χ4n) is 7.18. The summed E-state index contributed by atoms with van der Waals surface area (Å²) in [5, 5.41) is 0. The van der Waals surface area contributed by atoms with Crippen LogP contribution in [0.25, 0.3) is 0 Å². The summed E-state index contributed by atoms with van der Waals surface area (Å²) in [6.07, 6.45) is 16.2. The maximum atomic E-state index is 14.3. The summed E-state index contributed by atoms with van der Waals surface area (Å²) in [5.74, 6) is 0.934. The molecule has 3 fully saturated rings. The van der Waals surface area contributed by atoms with Crippen LogP contribution in [0.4, 0.5) is 8.78 Å².